The molecule has 0 spiro atoms. The Morgan fingerprint density at radius 1 is 1.47 bits per heavy atom. The average molecular weight is 261 g/mol. The predicted octanol–water partition coefficient (Wildman–Crippen LogP) is 1.51. The van der Waals surface area contributed by atoms with Crippen LogP contribution >= 0.6 is 0 Å². The third-order valence-electron chi connectivity index (χ3n) is 4.21. The quantitative estimate of drug-likeness (QED) is 0.891. The summed E-state index contributed by atoms with van der Waals surface area (Å²) in [5, 5.41) is 3.26. The number of ether oxygens (including phenoxy) is 1. The molecule has 1 aliphatic carbocycles. The van der Waals surface area contributed by atoms with Gasteiger partial charge in [0.25, 0.3) is 0 Å². The molecule has 2 heterocycles. The Morgan fingerprint density at radius 2 is 2.32 bits per heavy atom. The van der Waals surface area contributed by atoms with E-state index in [1.165, 1.54) is 24.0 Å². The van der Waals surface area contributed by atoms with E-state index >= 15 is 0 Å². The fourth-order valence-corrected chi connectivity index (χ4v) is 3.11. The Bertz CT molecular complexity index is 431. The molecule has 4 heteroatoms. The van der Waals surface area contributed by atoms with Crippen molar-refractivity contribution in [3.63, 3.8) is 0 Å². The van der Waals surface area contributed by atoms with Gasteiger partial charge >= 0.3 is 0 Å². The highest BCUT2D eigenvalue weighted by Gasteiger charge is 2.41. The number of likely N-dealkylation sites (N-methyl/N-ethyl adjacent to an activating group) is 1. The minimum absolute atomic E-state index is 0.224. The predicted molar refractivity (Wildman–Crippen MR) is 75.1 cm³/mol. The van der Waals surface area contributed by atoms with Gasteiger partial charge < -0.3 is 10.1 Å². The van der Waals surface area contributed by atoms with Crippen LogP contribution in [0.1, 0.15) is 30.0 Å². The molecular formula is C15H23N3O. The first kappa shape index (κ1) is 13.0. The zero-order valence-corrected chi connectivity index (χ0v) is 11.8. The van der Waals surface area contributed by atoms with Gasteiger partial charge in [0.1, 0.15) is 0 Å². The second kappa shape index (κ2) is 5.57. The van der Waals surface area contributed by atoms with Gasteiger partial charge in [-0.05, 0) is 44.0 Å². The van der Waals surface area contributed by atoms with E-state index in [2.05, 4.69) is 28.2 Å². The fourth-order valence-electron chi connectivity index (χ4n) is 3.11. The molecule has 0 radical (unpaired) electrons. The van der Waals surface area contributed by atoms with Crippen molar-refractivity contribution in [2.75, 3.05) is 26.7 Å². The monoisotopic (exact) mass is 261 g/mol. The van der Waals surface area contributed by atoms with E-state index in [1.807, 2.05) is 19.4 Å². The first-order valence-corrected chi connectivity index (χ1v) is 7.23. The van der Waals surface area contributed by atoms with Gasteiger partial charge in [0.05, 0.1) is 18.8 Å². The second-order valence-electron chi connectivity index (χ2n) is 5.61. The lowest BCUT2D eigenvalue weighted by Gasteiger charge is -2.42. The van der Waals surface area contributed by atoms with Gasteiger partial charge in [0, 0.05) is 31.5 Å². The number of aryl methyl sites for hydroxylation is 1. The molecule has 0 aromatic carbocycles. The molecule has 1 aliphatic heterocycles. The SMILES string of the molecule is CNCC1OCCN(C2CC2)C1c1cnccc1C. The maximum atomic E-state index is 6.02. The van der Waals surface area contributed by atoms with Crippen LogP contribution in [0.25, 0.3) is 0 Å². The van der Waals surface area contributed by atoms with Crippen LogP contribution in [0.2, 0.25) is 0 Å². The third-order valence-corrected chi connectivity index (χ3v) is 4.21. The Labute approximate surface area is 115 Å². The number of morpholine rings is 1. The summed E-state index contributed by atoms with van der Waals surface area (Å²) in [6, 6.07) is 3.21. The Balaban J connectivity index is 1.92. The molecule has 1 saturated carbocycles. The summed E-state index contributed by atoms with van der Waals surface area (Å²) in [4.78, 5) is 6.96. The fraction of sp³-hybridized carbons (Fsp3) is 0.667. The molecule has 1 aromatic rings. The lowest BCUT2D eigenvalue weighted by molar-refractivity contribution is -0.0742. The van der Waals surface area contributed by atoms with Crippen LogP contribution in [0.15, 0.2) is 18.5 Å². The molecule has 1 N–H and O–H groups in total. The number of nitrogens with zero attached hydrogens (tertiary/aromatic N) is 2. The smallest absolute Gasteiger partial charge is 0.0897 e. The number of hydrogen-bond donors (Lipinski definition) is 1. The lowest BCUT2D eigenvalue weighted by Crippen LogP contribution is -2.49. The minimum atomic E-state index is 0.224. The van der Waals surface area contributed by atoms with Crippen LogP contribution in [0.3, 0.4) is 0 Å². The third kappa shape index (κ3) is 2.66. The van der Waals surface area contributed by atoms with Crippen molar-refractivity contribution in [2.45, 2.75) is 38.0 Å². The van der Waals surface area contributed by atoms with Gasteiger partial charge in [0.2, 0.25) is 0 Å². The number of nitrogens with one attached hydrogen (secondary N) is 1. The van der Waals surface area contributed by atoms with Crippen LogP contribution in [0.5, 0.6) is 0 Å². The van der Waals surface area contributed by atoms with E-state index in [9.17, 15) is 0 Å². The van der Waals surface area contributed by atoms with E-state index in [-0.39, 0.29) is 6.10 Å². The van der Waals surface area contributed by atoms with Crippen LogP contribution in [-0.2, 0) is 4.74 Å². The van der Waals surface area contributed by atoms with E-state index < -0.39 is 0 Å². The zero-order valence-electron chi connectivity index (χ0n) is 11.8. The van der Waals surface area contributed by atoms with Gasteiger partial charge in [-0.3, -0.25) is 9.88 Å². The van der Waals surface area contributed by atoms with Crippen molar-refractivity contribution in [3.8, 4) is 0 Å². The van der Waals surface area contributed by atoms with E-state index in [1.54, 1.807) is 0 Å². The van der Waals surface area contributed by atoms with Crippen LogP contribution in [0.4, 0.5) is 0 Å². The molecule has 4 nitrogen and oxygen atoms in total. The summed E-state index contributed by atoms with van der Waals surface area (Å²) in [5.41, 5.74) is 2.65. The standard InChI is InChI=1S/C15H23N3O/c1-11-5-6-17-9-13(11)15-14(10-16-2)19-8-7-18(15)12-3-4-12/h5-6,9,12,14-16H,3-4,7-8,10H2,1-2H3. The van der Waals surface area contributed by atoms with Crippen molar-refractivity contribution >= 4 is 0 Å². The molecule has 2 aliphatic rings. The molecule has 1 aromatic heterocycles. The summed E-state index contributed by atoms with van der Waals surface area (Å²) >= 11 is 0. The van der Waals surface area contributed by atoms with Crippen molar-refractivity contribution < 1.29 is 4.74 Å². The molecule has 2 atom stereocenters. The van der Waals surface area contributed by atoms with E-state index in [4.69, 9.17) is 4.74 Å². The van der Waals surface area contributed by atoms with Crippen LogP contribution < -0.4 is 5.32 Å². The van der Waals surface area contributed by atoms with Gasteiger partial charge in [-0.15, -0.1) is 0 Å². The molecule has 2 fully saturated rings. The van der Waals surface area contributed by atoms with Gasteiger partial charge in [0.15, 0.2) is 0 Å². The number of pyridine rings is 1. The topological polar surface area (TPSA) is 37.4 Å². The minimum Gasteiger partial charge on any atom is -0.374 e. The number of hydrogen-bond acceptors (Lipinski definition) is 4. The molecule has 104 valence electrons. The van der Waals surface area contributed by atoms with E-state index in [0.717, 1.165) is 25.7 Å². The summed E-state index contributed by atoms with van der Waals surface area (Å²) < 4.78 is 6.02. The normalized spacial score (nSPS) is 28.5. The molecule has 0 bridgehead atoms. The van der Waals surface area contributed by atoms with Crippen molar-refractivity contribution in [1.82, 2.24) is 15.2 Å². The first-order valence-electron chi connectivity index (χ1n) is 7.23. The highest BCUT2D eigenvalue weighted by Crippen LogP contribution is 2.39. The Kier molecular flexibility index (Phi) is 3.82. The molecular weight excluding hydrogens is 238 g/mol. The van der Waals surface area contributed by atoms with E-state index in [0.29, 0.717) is 6.04 Å². The average Bonchev–Trinajstić information content (AvgIpc) is 3.24. The highest BCUT2D eigenvalue weighted by molar-refractivity contribution is 5.27. The summed E-state index contributed by atoms with van der Waals surface area (Å²) in [5.74, 6) is 0. The number of rotatable bonds is 4. The number of aromatic nitrogens is 1. The van der Waals surface area contributed by atoms with Gasteiger partial charge in [-0.25, -0.2) is 0 Å². The molecule has 2 unspecified atom stereocenters. The van der Waals surface area contributed by atoms with Crippen molar-refractivity contribution in [2.24, 2.45) is 0 Å². The highest BCUT2D eigenvalue weighted by atomic mass is 16.5. The van der Waals surface area contributed by atoms with Crippen molar-refractivity contribution in [1.29, 1.82) is 0 Å². The Morgan fingerprint density at radius 3 is 3.00 bits per heavy atom. The first-order chi connectivity index (χ1) is 9.31. The molecule has 0 amide bonds. The van der Waals surface area contributed by atoms with Crippen LogP contribution in [-0.4, -0.2) is 48.8 Å². The molecule has 3 rings (SSSR count). The zero-order chi connectivity index (χ0) is 13.2. The van der Waals surface area contributed by atoms with Gasteiger partial charge in [-0.2, -0.15) is 0 Å². The second-order valence-corrected chi connectivity index (χ2v) is 5.61. The summed E-state index contributed by atoms with van der Waals surface area (Å²) in [6.07, 6.45) is 6.79. The lowest BCUT2D eigenvalue weighted by atomic mass is 9.95. The molecule has 19 heavy (non-hydrogen) atoms. The maximum absolute atomic E-state index is 6.02. The Hall–Kier alpha value is -0.970. The van der Waals surface area contributed by atoms with Crippen LogP contribution in [0, 0.1) is 6.92 Å². The maximum Gasteiger partial charge on any atom is 0.0897 e. The summed E-state index contributed by atoms with van der Waals surface area (Å²) in [6.45, 7) is 4.96. The van der Waals surface area contributed by atoms with Gasteiger partial charge in [-0.1, -0.05) is 0 Å². The summed E-state index contributed by atoms with van der Waals surface area (Å²) in [7, 11) is 1.99. The largest absolute Gasteiger partial charge is 0.374 e. The van der Waals surface area contributed by atoms with Crippen molar-refractivity contribution in [3.05, 3.63) is 29.6 Å². The molecule has 1 saturated heterocycles.